The van der Waals surface area contributed by atoms with Crippen molar-refractivity contribution >= 4 is 0 Å². The van der Waals surface area contributed by atoms with Crippen molar-refractivity contribution in [3.05, 3.63) is 0 Å². The molecule has 122 valence electrons. The van der Waals surface area contributed by atoms with Crippen LogP contribution in [0.2, 0.25) is 0 Å². The summed E-state index contributed by atoms with van der Waals surface area (Å²) in [6.45, 7) is 6.75. The second-order valence-corrected chi connectivity index (χ2v) is 8.01. The zero-order valence-electron chi connectivity index (χ0n) is 13.8. The number of nitrogens with one attached hydrogen (secondary N) is 1. The second kappa shape index (κ2) is 7.43. The minimum Gasteiger partial charge on any atom is -0.393 e. The van der Waals surface area contributed by atoms with E-state index in [1.165, 1.54) is 64.6 Å². The Balaban J connectivity index is 1.47. The van der Waals surface area contributed by atoms with E-state index in [0.717, 1.165) is 24.8 Å². The van der Waals surface area contributed by atoms with Crippen LogP contribution >= 0.6 is 0 Å². The highest BCUT2D eigenvalue weighted by molar-refractivity contribution is 4.89. The predicted molar refractivity (Wildman–Crippen MR) is 87.3 cm³/mol. The van der Waals surface area contributed by atoms with Crippen LogP contribution in [0.15, 0.2) is 0 Å². The molecule has 0 spiro atoms. The number of aliphatic hydroxyl groups excluding tert-OH is 1. The molecule has 3 fully saturated rings. The molecule has 0 amide bonds. The molecular weight excluding hydrogens is 260 g/mol. The molecule has 0 aromatic carbocycles. The van der Waals surface area contributed by atoms with E-state index in [-0.39, 0.29) is 6.10 Å². The second-order valence-electron chi connectivity index (χ2n) is 8.01. The van der Waals surface area contributed by atoms with Gasteiger partial charge in [0.05, 0.1) is 6.10 Å². The van der Waals surface area contributed by atoms with Crippen molar-refractivity contribution in [2.45, 2.75) is 70.4 Å². The molecule has 3 unspecified atom stereocenters. The van der Waals surface area contributed by atoms with Crippen LogP contribution in [0.5, 0.6) is 0 Å². The Bertz CT molecular complexity index is 310. The third-order valence-corrected chi connectivity index (χ3v) is 5.87. The number of likely N-dealkylation sites (tertiary alicyclic amines) is 1. The lowest BCUT2D eigenvalue weighted by Gasteiger charge is -2.40. The van der Waals surface area contributed by atoms with E-state index in [2.05, 4.69) is 10.2 Å². The highest BCUT2D eigenvalue weighted by Crippen LogP contribution is 2.32. The molecular formula is C18H34N2O. The zero-order valence-corrected chi connectivity index (χ0v) is 13.8. The van der Waals surface area contributed by atoms with Crippen LogP contribution in [0, 0.1) is 17.8 Å². The van der Waals surface area contributed by atoms with Gasteiger partial charge in [-0.2, -0.15) is 0 Å². The third-order valence-electron chi connectivity index (χ3n) is 5.87. The van der Waals surface area contributed by atoms with E-state index in [1.54, 1.807) is 0 Å². The van der Waals surface area contributed by atoms with E-state index in [9.17, 15) is 5.11 Å². The summed E-state index contributed by atoms with van der Waals surface area (Å²) in [5.41, 5.74) is 0. The molecule has 3 heteroatoms. The number of nitrogens with zero attached hydrogens (tertiary/aromatic N) is 1. The first kappa shape index (κ1) is 15.8. The summed E-state index contributed by atoms with van der Waals surface area (Å²) in [7, 11) is 0. The van der Waals surface area contributed by atoms with Crippen molar-refractivity contribution in [2.24, 2.45) is 17.8 Å². The van der Waals surface area contributed by atoms with Crippen LogP contribution < -0.4 is 5.32 Å². The largest absolute Gasteiger partial charge is 0.393 e. The summed E-state index contributed by atoms with van der Waals surface area (Å²) in [4.78, 5) is 2.62. The van der Waals surface area contributed by atoms with Gasteiger partial charge in [-0.1, -0.05) is 19.3 Å². The Labute approximate surface area is 130 Å². The molecule has 2 N–H and O–H groups in total. The number of aliphatic hydroxyl groups is 1. The first-order chi connectivity index (χ1) is 10.2. The molecule has 1 aliphatic heterocycles. The number of rotatable bonds is 6. The molecule has 3 atom stereocenters. The fourth-order valence-electron chi connectivity index (χ4n) is 4.27. The summed E-state index contributed by atoms with van der Waals surface area (Å²) in [6, 6.07) is 0.596. The predicted octanol–water partition coefficient (Wildman–Crippen LogP) is 2.64. The van der Waals surface area contributed by atoms with E-state index < -0.39 is 0 Å². The molecule has 3 nitrogen and oxygen atoms in total. The topological polar surface area (TPSA) is 35.5 Å². The van der Waals surface area contributed by atoms with Crippen molar-refractivity contribution in [3.63, 3.8) is 0 Å². The fraction of sp³-hybridized carbons (Fsp3) is 1.00. The monoisotopic (exact) mass is 294 g/mol. The van der Waals surface area contributed by atoms with Crippen LogP contribution in [-0.4, -0.2) is 48.3 Å². The number of hydrogen-bond acceptors (Lipinski definition) is 3. The van der Waals surface area contributed by atoms with Gasteiger partial charge >= 0.3 is 0 Å². The minimum atomic E-state index is -0.161. The summed E-state index contributed by atoms with van der Waals surface area (Å²) in [5.74, 6) is 2.32. The molecule has 0 aromatic heterocycles. The van der Waals surface area contributed by atoms with Crippen LogP contribution in [-0.2, 0) is 0 Å². The molecule has 1 heterocycles. The van der Waals surface area contributed by atoms with Crippen LogP contribution in [0.1, 0.15) is 58.3 Å². The first-order valence-corrected chi connectivity index (χ1v) is 9.34. The van der Waals surface area contributed by atoms with Crippen molar-refractivity contribution in [1.29, 1.82) is 0 Å². The summed E-state index contributed by atoms with van der Waals surface area (Å²) < 4.78 is 0. The van der Waals surface area contributed by atoms with E-state index >= 15 is 0 Å². The summed E-state index contributed by atoms with van der Waals surface area (Å²) >= 11 is 0. The molecule has 2 aliphatic carbocycles. The average molecular weight is 294 g/mol. The standard InChI is InChI=1S/C18H34N2O/c1-14(21)17-9-18(13-20(12-17)11-16-7-8-16)19-10-15-5-3-2-4-6-15/h14-19,21H,2-13H2,1H3. The molecule has 21 heavy (non-hydrogen) atoms. The number of piperidine rings is 1. The highest BCUT2D eigenvalue weighted by atomic mass is 16.3. The lowest BCUT2D eigenvalue weighted by molar-refractivity contribution is 0.0451. The third kappa shape index (κ3) is 4.94. The van der Waals surface area contributed by atoms with Gasteiger partial charge in [-0.3, -0.25) is 0 Å². The van der Waals surface area contributed by atoms with Gasteiger partial charge < -0.3 is 15.3 Å². The van der Waals surface area contributed by atoms with Gasteiger partial charge in [0.2, 0.25) is 0 Å². The lowest BCUT2D eigenvalue weighted by atomic mass is 9.87. The average Bonchev–Trinajstić information content (AvgIpc) is 3.30. The van der Waals surface area contributed by atoms with Gasteiger partial charge in [0.25, 0.3) is 0 Å². The SMILES string of the molecule is CC(O)C1CC(NCC2CCCCC2)CN(CC2CC2)C1. The maximum absolute atomic E-state index is 10.0. The smallest absolute Gasteiger partial charge is 0.0553 e. The Morgan fingerprint density at radius 3 is 2.48 bits per heavy atom. The normalized spacial score (nSPS) is 34.0. The van der Waals surface area contributed by atoms with Crippen molar-refractivity contribution in [3.8, 4) is 0 Å². The van der Waals surface area contributed by atoms with Crippen LogP contribution in [0.4, 0.5) is 0 Å². The van der Waals surface area contributed by atoms with Gasteiger partial charge in [0.1, 0.15) is 0 Å². The van der Waals surface area contributed by atoms with Gasteiger partial charge in [0, 0.05) is 25.7 Å². The zero-order chi connectivity index (χ0) is 14.7. The highest BCUT2D eigenvalue weighted by Gasteiger charge is 2.33. The summed E-state index contributed by atoms with van der Waals surface area (Å²) in [6.07, 6.45) is 11.0. The van der Waals surface area contributed by atoms with Crippen molar-refractivity contribution in [1.82, 2.24) is 10.2 Å². The van der Waals surface area contributed by atoms with Gasteiger partial charge in [0.15, 0.2) is 0 Å². The fourth-order valence-corrected chi connectivity index (χ4v) is 4.27. The van der Waals surface area contributed by atoms with Crippen molar-refractivity contribution < 1.29 is 5.11 Å². The van der Waals surface area contributed by atoms with Crippen LogP contribution in [0.3, 0.4) is 0 Å². The molecule has 0 aromatic rings. The van der Waals surface area contributed by atoms with Gasteiger partial charge in [-0.05, 0) is 63.3 Å². The van der Waals surface area contributed by atoms with Gasteiger partial charge in [-0.25, -0.2) is 0 Å². The van der Waals surface area contributed by atoms with E-state index in [0.29, 0.717) is 12.0 Å². The van der Waals surface area contributed by atoms with Crippen molar-refractivity contribution in [2.75, 3.05) is 26.2 Å². The molecule has 2 saturated carbocycles. The Kier molecular flexibility index (Phi) is 5.58. The maximum Gasteiger partial charge on any atom is 0.0553 e. The Morgan fingerprint density at radius 2 is 1.81 bits per heavy atom. The minimum absolute atomic E-state index is 0.161. The maximum atomic E-state index is 10.0. The quantitative estimate of drug-likeness (QED) is 0.790. The first-order valence-electron chi connectivity index (χ1n) is 9.34. The lowest BCUT2D eigenvalue weighted by Crippen LogP contribution is -2.52. The molecule has 0 radical (unpaired) electrons. The number of hydrogen-bond donors (Lipinski definition) is 2. The Morgan fingerprint density at radius 1 is 1.05 bits per heavy atom. The molecule has 3 rings (SSSR count). The summed E-state index contributed by atoms with van der Waals surface area (Å²) in [5, 5.41) is 13.9. The molecule has 0 bridgehead atoms. The van der Waals surface area contributed by atoms with Gasteiger partial charge in [-0.15, -0.1) is 0 Å². The van der Waals surface area contributed by atoms with E-state index in [1.807, 2.05) is 6.92 Å². The Hall–Kier alpha value is -0.120. The van der Waals surface area contributed by atoms with Crippen LogP contribution in [0.25, 0.3) is 0 Å². The van der Waals surface area contributed by atoms with E-state index in [4.69, 9.17) is 0 Å². The molecule has 1 saturated heterocycles. The molecule has 3 aliphatic rings.